The van der Waals surface area contributed by atoms with E-state index in [0.29, 0.717) is 11.6 Å². The van der Waals surface area contributed by atoms with E-state index in [-0.39, 0.29) is 5.75 Å². The lowest BCUT2D eigenvalue weighted by Crippen LogP contribution is -2.06. The van der Waals surface area contributed by atoms with Crippen LogP contribution in [0.5, 0.6) is 0 Å². The monoisotopic (exact) mass is 271 g/mol. The van der Waals surface area contributed by atoms with Gasteiger partial charge in [0, 0.05) is 18.2 Å². The number of nitrogens with one attached hydrogen (secondary N) is 1. The topological polar surface area (TPSA) is 72.0 Å². The zero-order valence-corrected chi connectivity index (χ0v) is 11.4. The molecule has 2 aromatic rings. The van der Waals surface area contributed by atoms with Crippen molar-refractivity contribution in [3.8, 4) is 0 Å². The Balaban J connectivity index is 2.59. The van der Waals surface area contributed by atoms with Crippen molar-refractivity contribution in [3.05, 3.63) is 16.8 Å². The summed E-state index contributed by atoms with van der Waals surface area (Å²) in [4.78, 5) is 10.4. The fourth-order valence-corrected chi connectivity index (χ4v) is 3.07. The van der Waals surface area contributed by atoms with Crippen LogP contribution in [0, 0.1) is 6.92 Å². The van der Waals surface area contributed by atoms with Crippen molar-refractivity contribution in [1.29, 1.82) is 0 Å². The average Bonchev–Trinajstić information content (AvgIpc) is 2.54. The molecule has 0 aliphatic carbocycles. The summed E-state index contributed by atoms with van der Waals surface area (Å²) in [5.41, 5.74) is 0. The summed E-state index contributed by atoms with van der Waals surface area (Å²) in [5, 5.41) is 3.91. The maximum absolute atomic E-state index is 11.2. The van der Waals surface area contributed by atoms with E-state index >= 15 is 0 Å². The first-order valence-corrected chi connectivity index (χ1v) is 7.89. The second-order valence-electron chi connectivity index (χ2n) is 3.88. The molecule has 0 unspecified atom stereocenters. The van der Waals surface area contributed by atoms with Gasteiger partial charge in [0.1, 0.15) is 22.2 Å². The van der Waals surface area contributed by atoms with E-state index in [1.54, 1.807) is 7.05 Å². The molecule has 0 aliphatic heterocycles. The van der Waals surface area contributed by atoms with Crippen molar-refractivity contribution in [2.45, 2.75) is 12.7 Å². The molecule has 5 nitrogen and oxygen atoms in total. The van der Waals surface area contributed by atoms with Crippen LogP contribution in [0.25, 0.3) is 10.2 Å². The van der Waals surface area contributed by atoms with Crippen molar-refractivity contribution in [1.82, 2.24) is 9.97 Å². The molecule has 0 spiro atoms. The molecule has 0 saturated heterocycles. The van der Waals surface area contributed by atoms with Gasteiger partial charge in [-0.3, -0.25) is 0 Å². The highest BCUT2D eigenvalue weighted by molar-refractivity contribution is 7.89. The molecule has 0 aliphatic rings. The lowest BCUT2D eigenvalue weighted by atomic mass is 10.3. The van der Waals surface area contributed by atoms with Gasteiger partial charge in [0.2, 0.25) is 0 Å². The van der Waals surface area contributed by atoms with Crippen molar-refractivity contribution >= 4 is 37.2 Å². The van der Waals surface area contributed by atoms with Crippen molar-refractivity contribution in [2.75, 3.05) is 18.6 Å². The first kappa shape index (κ1) is 12.3. The highest BCUT2D eigenvalue weighted by Crippen LogP contribution is 2.28. The van der Waals surface area contributed by atoms with Crippen LogP contribution in [0.15, 0.2) is 6.07 Å². The number of sulfone groups is 1. The summed E-state index contributed by atoms with van der Waals surface area (Å²) in [5.74, 6) is 0.887. The molecule has 7 heteroatoms. The standard InChI is InChI=1S/C10H13N3O2S2/c1-6-4-7-9(11-2)12-8(5-17(3,14)15)13-10(7)16-6/h4H,5H2,1-3H3,(H,11,12,13). The van der Waals surface area contributed by atoms with Crippen LogP contribution in [0.1, 0.15) is 10.7 Å². The fraction of sp³-hybridized carbons (Fsp3) is 0.400. The number of thiophene rings is 1. The van der Waals surface area contributed by atoms with Gasteiger partial charge in [-0.2, -0.15) is 0 Å². The smallest absolute Gasteiger partial charge is 0.154 e. The Kier molecular flexibility index (Phi) is 3.05. The van der Waals surface area contributed by atoms with Gasteiger partial charge in [0.25, 0.3) is 0 Å². The number of hydrogen-bond acceptors (Lipinski definition) is 6. The number of rotatable bonds is 3. The predicted octanol–water partition coefficient (Wildman–Crippen LogP) is 1.59. The van der Waals surface area contributed by atoms with Gasteiger partial charge in [-0.1, -0.05) is 0 Å². The molecular formula is C10H13N3O2S2. The minimum absolute atomic E-state index is 0.130. The molecule has 17 heavy (non-hydrogen) atoms. The summed E-state index contributed by atoms with van der Waals surface area (Å²) < 4.78 is 22.5. The molecule has 0 amide bonds. The number of hydrogen-bond donors (Lipinski definition) is 1. The van der Waals surface area contributed by atoms with E-state index < -0.39 is 9.84 Å². The molecule has 92 valence electrons. The van der Waals surface area contributed by atoms with Crippen molar-refractivity contribution < 1.29 is 8.42 Å². The lowest BCUT2D eigenvalue weighted by molar-refractivity contribution is 0.600. The Morgan fingerprint density at radius 1 is 1.41 bits per heavy atom. The summed E-state index contributed by atoms with van der Waals surface area (Å²) >= 11 is 1.54. The Bertz CT molecular complexity index is 661. The second-order valence-corrected chi connectivity index (χ2v) is 7.26. The second kappa shape index (κ2) is 4.23. The molecule has 0 radical (unpaired) electrons. The van der Waals surface area contributed by atoms with E-state index in [2.05, 4.69) is 15.3 Å². The van der Waals surface area contributed by atoms with Crippen LogP contribution in [-0.2, 0) is 15.6 Å². The number of fused-ring (bicyclic) bond motifs is 1. The third-order valence-electron chi connectivity index (χ3n) is 2.19. The van der Waals surface area contributed by atoms with Gasteiger partial charge < -0.3 is 5.32 Å². The first-order valence-electron chi connectivity index (χ1n) is 5.01. The number of aromatic nitrogens is 2. The Morgan fingerprint density at radius 3 is 2.71 bits per heavy atom. The molecule has 2 heterocycles. The fourth-order valence-electron chi connectivity index (χ4n) is 1.58. The average molecular weight is 271 g/mol. The van der Waals surface area contributed by atoms with Crippen LogP contribution < -0.4 is 5.32 Å². The van der Waals surface area contributed by atoms with Crippen LogP contribution in [0.4, 0.5) is 5.82 Å². The van der Waals surface area contributed by atoms with Gasteiger partial charge in [0.15, 0.2) is 9.84 Å². The molecule has 0 aromatic carbocycles. The first-order chi connectivity index (χ1) is 7.89. The third-order valence-corrected chi connectivity index (χ3v) is 3.92. The van der Waals surface area contributed by atoms with E-state index in [0.717, 1.165) is 15.1 Å². The van der Waals surface area contributed by atoms with E-state index in [1.807, 2.05) is 13.0 Å². The Morgan fingerprint density at radius 2 is 2.12 bits per heavy atom. The zero-order valence-electron chi connectivity index (χ0n) is 9.81. The summed E-state index contributed by atoms with van der Waals surface area (Å²) in [6.07, 6.45) is 1.18. The van der Waals surface area contributed by atoms with Gasteiger partial charge in [-0.25, -0.2) is 18.4 Å². The van der Waals surface area contributed by atoms with Crippen molar-refractivity contribution in [2.24, 2.45) is 0 Å². The largest absolute Gasteiger partial charge is 0.372 e. The zero-order chi connectivity index (χ0) is 12.6. The lowest BCUT2D eigenvalue weighted by Gasteiger charge is -2.04. The maximum Gasteiger partial charge on any atom is 0.154 e. The molecule has 2 aromatic heterocycles. The molecule has 2 rings (SSSR count). The van der Waals surface area contributed by atoms with Gasteiger partial charge in [-0.05, 0) is 13.0 Å². The summed E-state index contributed by atoms with van der Waals surface area (Å²) in [6, 6.07) is 2.00. The molecule has 0 atom stereocenters. The van der Waals surface area contributed by atoms with Crippen molar-refractivity contribution in [3.63, 3.8) is 0 Å². The molecule has 0 saturated carbocycles. The Labute approximate surface area is 104 Å². The summed E-state index contributed by atoms with van der Waals surface area (Å²) in [6.45, 7) is 1.99. The van der Waals surface area contributed by atoms with Crippen LogP contribution >= 0.6 is 11.3 Å². The number of anilines is 1. The molecule has 1 N–H and O–H groups in total. The SMILES string of the molecule is CNc1nc(CS(C)(=O)=O)nc2sc(C)cc12. The minimum Gasteiger partial charge on any atom is -0.372 e. The highest BCUT2D eigenvalue weighted by atomic mass is 32.2. The van der Waals surface area contributed by atoms with Gasteiger partial charge in [0.05, 0.1) is 5.39 Å². The van der Waals surface area contributed by atoms with E-state index in [1.165, 1.54) is 17.6 Å². The number of aryl methyl sites for hydroxylation is 1. The minimum atomic E-state index is -3.11. The predicted molar refractivity (Wildman–Crippen MR) is 70.2 cm³/mol. The summed E-state index contributed by atoms with van der Waals surface area (Å²) in [7, 11) is -1.35. The Hall–Kier alpha value is -1.21. The van der Waals surface area contributed by atoms with E-state index in [9.17, 15) is 8.42 Å². The van der Waals surface area contributed by atoms with Crippen LogP contribution in [0.2, 0.25) is 0 Å². The van der Waals surface area contributed by atoms with Gasteiger partial charge >= 0.3 is 0 Å². The maximum atomic E-state index is 11.2. The number of nitrogens with zero attached hydrogens (tertiary/aromatic N) is 2. The van der Waals surface area contributed by atoms with Crippen LogP contribution in [-0.4, -0.2) is 31.7 Å². The van der Waals surface area contributed by atoms with E-state index in [4.69, 9.17) is 0 Å². The third kappa shape index (κ3) is 2.73. The molecule has 0 fully saturated rings. The molecule has 0 bridgehead atoms. The highest BCUT2D eigenvalue weighted by Gasteiger charge is 2.13. The van der Waals surface area contributed by atoms with Crippen LogP contribution in [0.3, 0.4) is 0 Å². The molecular weight excluding hydrogens is 258 g/mol. The quantitative estimate of drug-likeness (QED) is 0.917. The van der Waals surface area contributed by atoms with Gasteiger partial charge in [-0.15, -0.1) is 11.3 Å². The normalized spacial score (nSPS) is 11.9.